The van der Waals surface area contributed by atoms with Crippen molar-refractivity contribution in [2.75, 3.05) is 13.2 Å². The fraction of sp³-hybridized carbons (Fsp3) is 0.333. The predicted octanol–water partition coefficient (Wildman–Crippen LogP) is 1.20. The molecule has 0 spiro atoms. The molecule has 1 unspecified atom stereocenters. The van der Waals surface area contributed by atoms with E-state index >= 15 is 0 Å². The number of carbonyl (C=O) groups excluding carboxylic acids is 1. The first-order valence-corrected chi connectivity index (χ1v) is 5.71. The molecule has 0 bridgehead atoms. The molecule has 0 fully saturated rings. The number of rotatable bonds is 5. The van der Waals surface area contributed by atoms with Crippen LogP contribution in [-0.2, 0) is 4.74 Å². The van der Waals surface area contributed by atoms with Crippen LogP contribution in [0.3, 0.4) is 0 Å². The molecule has 2 heterocycles. The van der Waals surface area contributed by atoms with Gasteiger partial charge in [-0.15, -0.1) is 0 Å². The zero-order valence-electron chi connectivity index (χ0n) is 10.1. The number of carbonyl (C=O) groups is 1. The fourth-order valence-electron chi connectivity index (χ4n) is 1.66. The van der Waals surface area contributed by atoms with Gasteiger partial charge in [0, 0.05) is 12.7 Å². The smallest absolute Gasteiger partial charge is 0.341 e. The number of ether oxygens (including phenoxy) is 1. The van der Waals surface area contributed by atoms with Gasteiger partial charge >= 0.3 is 5.97 Å². The standard InChI is InChI=1S/C12H15N3O3/c1-2-17-12(16)9-7-14-15(8-9)10(6-13)11-4-3-5-18-11/h3-5,7-8,10H,2,6,13H2,1H3. The maximum absolute atomic E-state index is 11.5. The van der Waals surface area contributed by atoms with Gasteiger partial charge in [-0.1, -0.05) is 0 Å². The Bertz CT molecular complexity index is 504. The van der Waals surface area contributed by atoms with E-state index in [2.05, 4.69) is 5.10 Å². The summed E-state index contributed by atoms with van der Waals surface area (Å²) in [5.74, 6) is 0.315. The van der Waals surface area contributed by atoms with Crippen molar-refractivity contribution in [2.24, 2.45) is 5.73 Å². The number of aromatic nitrogens is 2. The first-order valence-electron chi connectivity index (χ1n) is 5.71. The van der Waals surface area contributed by atoms with Crippen molar-refractivity contribution in [1.29, 1.82) is 0 Å². The van der Waals surface area contributed by atoms with Gasteiger partial charge in [-0.2, -0.15) is 5.10 Å². The van der Waals surface area contributed by atoms with Crippen molar-refractivity contribution in [3.8, 4) is 0 Å². The Morgan fingerprint density at radius 3 is 3.11 bits per heavy atom. The van der Waals surface area contributed by atoms with Crippen LogP contribution in [0.4, 0.5) is 0 Å². The van der Waals surface area contributed by atoms with Crippen molar-refractivity contribution in [3.63, 3.8) is 0 Å². The lowest BCUT2D eigenvalue weighted by molar-refractivity contribution is 0.0526. The summed E-state index contributed by atoms with van der Waals surface area (Å²) in [5.41, 5.74) is 6.11. The summed E-state index contributed by atoms with van der Waals surface area (Å²) in [6, 6.07) is 3.39. The zero-order chi connectivity index (χ0) is 13.0. The van der Waals surface area contributed by atoms with E-state index in [1.54, 1.807) is 30.1 Å². The summed E-state index contributed by atoms with van der Waals surface area (Å²) < 4.78 is 11.8. The van der Waals surface area contributed by atoms with E-state index < -0.39 is 0 Å². The Morgan fingerprint density at radius 2 is 2.50 bits per heavy atom. The van der Waals surface area contributed by atoms with E-state index in [4.69, 9.17) is 14.9 Å². The van der Waals surface area contributed by atoms with Crippen molar-refractivity contribution >= 4 is 5.97 Å². The van der Waals surface area contributed by atoms with E-state index in [0.29, 0.717) is 24.5 Å². The second-order valence-corrected chi connectivity index (χ2v) is 3.70. The number of nitrogens with two attached hydrogens (primary N) is 1. The molecule has 6 heteroatoms. The molecule has 0 aliphatic heterocycles. The van der Waals surface area contributed by atoms with Crippen LogP contribution < -0.4 is 5.73 Å². The van der Waals surface area contributed by atoms with Crippen LogP contribution in [0.15, 0.2) is 35.2 Å². The molecule has 0 aliphatic carbocycles. The molecule has 2 aromatic heterocycles. The van der Waals surface area contributed by atoms with Crippen LogP contribution in [-0.4, -0.2) is 28.9 Å². The van der Waals surface area contributed by atoms with Crippen LogP contribution in [0.25, 0.3) is 0 Å². The summed E-state index contributed by atoms with van der Waals surface area (Å²) in [5, 5.41) is 4.12. The van der Waals surface area contributed by atoms with E-state index in [1.807, 2.05) is 6.07 Å². The Kier molecular flexibility index (Phi) is 3.78. The van der Waals surface area contributed by atoms with E-state index in [9.17, 15) is 4.79 Å². The highest BCUT2D eigenvalue weighted by atomic mass is 16.5. The molecule has 2 aromatic rings. The maximum atomic E-state index is 11.5. The molecule has 2 rings (SSSR count). The molecule has 0 saturated carbocycles. The molecule has 0 aromatic carbocycles. The van der Waals surface area contributed by atoms with Crippen LogP contribution in [0, 0.1) is 0 Å². The second kappa shape index (κ2) is 5.50. The van der Waals surface area contributed by atoms with Crippen LogP contribution in [0.1, 0.15) is 29.1 Å². The van der Waals surface area contributed by atoms with Crippen LogP contribution in [0.2, 0.25) is 0 Å². The first kappa shape index (κ1) is 12.4. The number of hydrogen-bond donors (Lipinski definition) is 1. The van der Waals surface area contributed by atoms with E-state index in [-0.39, 0.29) is 12.0 Å². The summed E-state index contributed by atoms with van der Waals surface area (Å²) in [6.45, 7) is 2.42. The van der Waals surface area contributed by atoms with Gasteiger partial charge in [0.2, 0.25) is 0 Å². The Labute approximate surface area is 104 Å². The lowest BCUT2D eigenvalue weighted by Crippen LogP contribution is -2.20. The maximum Gasteiger partial charge on any atom is 0.341 e. The van der Waals surface area contributed by atoms with Crippen molar-refractivity contribution in [2.45, 2.75) is 13.0 Å². The lowest BCUT2D eigenvalue weighted by Gasteiger charge is -2.12. The molecule has 96 valence electrons. The number of hydrogen-bond acceptors (Lipinski definition) is 5. The molecule has 6 nitrogen and oxygen atoms in total. The Hall–Kier alpha value is -2.08. The SMILES string of the molecule is CCOC(=O)c1cnn(C(CN)c2ccco2)c1. The normalized spacial score (nSPS) is 12.3. The largest absolute Gasteiger partial charge is 0.467 e. The summed E-state index contributed by atoms with van der Waals surface area (Å²) in [4.78, 5) is 11.5. The highest BCUT2D eigenvalue weighted by Crippen LogP contribution is 2.17. The van der Waals surface area contributed by atoms with Gasteiger partial charge in [-0.25, -0.2) is 4.79 Å². The van der Waals surface area contributed by atoms with Crippen molar-refractivity contribution in [3.05, 3.63) is 42.1 Å². The lowest BCUT2D eigenvalue weighted by atomic mass is 10.2. The summed E-state index contributed by atoms with van der Waals surface area (Å²) in [7, 11) is 0. The number of esters is 1. The third-order valence-electron chi connectivity index (χ3n) is 2.53. The fourth-order valence-corrected chi connectivity index (χ4v) is 1.66. The molecule has 0 radical (unpaired) electrons. The average Bonchev–Trinajstić information content (AvgIpc) is 3.01. The Balaban J connectivity index is 2.20. The first-order chi connectivity index (χ1) is 8.76. The van der Waals surface area contributed by atoms with E-state index in [0.717, 1.165) is 0 Å². The minimum atomic E-state index is -0.390. The molecule has 2 N–H and O–H groups in total. The van der Waals surface area contributed by atoms with Crippen LogP contribution >= 0.6 is 0 Å². The molecular weight excluding hydrogens is 234 g/mol. The van der Waals surface area contributed by atoms with Crippen molar-refractivity contribution in [1.82, 2.24) is 9.78 Å². The zero-order valence-corrected chi connectivity index (χ0v) is 10.1. The summed E-state index contributed by atoms with van der Waals surface area (Å²) in [6.07, 6.45) is 4.65. The molecule has 18 heavy (non-hydrogen) atoms. The highest BCUT2D eigenvalue weighted by molar-refractivity contribution is 5.88. The second-order valence-electron chi connectivity index (χ2n) is 3.70. The highest BCUT2D eigenvalue weighted by Gasteiger charge is 2.18. The molecule has 0 saturated heterocycles. The van der Waals surface area contributed by atoms with Gasteiger partial charge in [-0.3, -0.25) is 4.68 Å². The summed E-state index contributed by atoms with van der Waals surface area (Å²) >= 11 is 0. The number of nitrogens with zero attached hydrogens (tertiary/aromatic N) is 2. The monoisotopic (exact) mass is 249 g/mol. The van der Waals surface area contributed by atoms with Crippen LogP contribution in [0.5, 0.6) is 0 Å². The van der Waals surface area contributed by atoms with Gasteiger partial charge in [0.05, 0.1) is 24.6 Å². The quantitative estimate of drug-likeness (QED) is 0.805. The average molecular weight is 249 g/mol. The molecule has 0 aliphatic rings. The predicted molar refractivity (Wildman–Crippen MR) is 64.1 cm³/mol. The Morgan fingerprint density at radius 1 is 1.67 bits per heavy atom. The third kappa shape index (κ3) is 2.43. The van der Waals surface area contributed by atoms with E-state index in [1.165, 1.54) is 6.20 Å². The van der Waals surface area contributed by atoms with Crippen molar-refractivity contribution < 1.29 is 13.9 Å². The minimum Gasteiger partial charge on any atom is -0.467 e. The molecular formula is C12H15N3O3. The minimum absolute atomic E-state index is 0.219. The topological polar surface area (TPSA) is 83.3 Å². The third-order valence-corrected chi connectivity index (χ3v) is 2.53. The van der Waals surface area contributed by atoms with Gasteiger partial charge in [0.25, 0.3) is 0 Å². The molecule has 0 amide bonds. The number of furan rings is 1. The van der Waals surface area contributed by atoms with Gasteiger partial charge in [-0.05, 0) is 19.1 Å². The van der Waals surface area contributed by atoms with Gasteiger partial charge in [0.15, 0.2) is 0 Å². The van der Waals surface area contributed by atoms with Gasteiger partial charge in [0.1, 0.15) is 11.8 Å². The molecule has 1 atom stereocenters. The van der Waals surface area contributed by atoms with Gasteiger partial charge < -0.3 is 14.9 Å².